The van der Waals surface area contributed by atoms with Crippen LogP contribution in [-0.2, 0) is 9.84 Å². The minimum atomic E-state index is -3.37. The van der Waals surface area contributed by atoms with Crippen molar-refractivity contribution in [1.82, 2.24) is 15.0 Å². The minimum Gasteiger partial charge on any atom is -0.396 e. The first-order chi connectivity index (χ1) is 9.94. The number of para-hydroxylation sites is 1. The predicted octanol–water partition coefficient (Wildman–Crippen LogP) is 1.37. The van der Waals surface area contributed by atoms with Gasteiger partial charge < -0.3 is 5.11 Å². The summed E-state index contributed by atoms with van der Waals surface area (Å²) in [6.07, 6.45) is 1.63. The molecule has 2 unspecified atom stereocenters. The highest BCUT2D eigenvalue weighted by molar-refractivity contribution is 7.91. The summed E-state index contributed by atoms with van der Waals surface area (Å²) in [4.78, 5) is 0. The van der Waals surface area contributed by atoms with E-state index < -0.39 is 15.1 Å². The summed E-state index contributed by atoms with van der Waals surface area (Å²) < 4.78 is 26.1. The van der Waals surface area contributed by atoms with Gasteiger partial charge in [0.25, 0.3) is 0 Å². The second-order valence-electron chi connectivity index (χ2n) is 5.18. The van der Waals surface area contributed by atoms with Gasteiger partial charge in [-0.2, -0.15) is 0 Å². The molecule has 2 rings (SSSR count). The molecule has 0 radical (unpaired) electrons. The highest BCUT2D eigenvalue weighted by Gasteiger charge is 2.27. The van der Waals surface area contributed by atoms with Crippen molar-refractivity contribution < 1.29 is 13.5 Å². The molecule has 2 aromatic rings. The van der Waals surface area contributed by atoms with Crippen molar-refractivity contribution in [3.8, 4) is 5.69 Å². The SMILES string of the molecule is CC(CO)CS(=O)(=O)C(C)c1cn(-c2ccccc2)nn1. The summed E-state index contributed by atoms with van der Waals surface area (Å²) >= 11 is 0. The average molecular weight is 309 g/mol. The second kappa shape index (κ2) is 6.36. The molecule has 0 aliphatic heterocycles. The van der Waals surface area contributed by atoms with E-state index >= 15 is 0 Å². The summed E-state index contributed by atoms with van der Waals surface area (Å²) in [5, 5.41) is 16.2. The molecular weight excluding hydrogens is 290 g/mol. The molecule has 0 aliphatic carbocycles. The zero-order chi connectivity index (χ0) is 15.5. The zero-order valence-corrected chi connectivity index (χ0v) is 12.9. The first-order valence-electron chi connectivity index (χ1n) is 6.74. The van der Waals surface area contributed by atoms with Gasteiger partial charge in [0.05, 0.1) is 17.6 Å². The molecule has 114 valence electrons. The summed E-state index contributed by atoms with van der Waals surface area (Å²) in [6, 6.07) is 9.38. The third kappa shape index (κ3) is 3.68. The molecule has 1 aromatic heterocycles. The van der Waals surface area contributed by atoms with Crippen LogP contribution in [0.25, 0.3) is 5.69 Å². The van der Waals surface area contributed by atoms with Crippen molar-refractivity contribution in [2.75, 3.05) is 12.4 Å². The van der Waals surface area contributed by atoms with Crippen LogP contribution in [0.4, 0.5) is 0 Å². The molecule has 1 heterocycles. The number of hydrogen-bond acceptors (Lipinski definition) is 5. The van der Waals surface area contributed by atoms with Crippen LogP contribution in [0.15, 0.2) is 36.5 Å². The van der Waals surface area contributed by atoms with E-state index in [1.165, 1.54) is 0 Å². The fourth-order valence-corrected chi connectivity index (χ4v) is 3.61. The summed E-state index contributed by atoms with van der Waals surface area (Å²) in [7, 11) is -3.37. The number of aromatic nitrogens is 3. The topological polar surface area (TPSA) is 85.1 Å². The summed E-state index contributed by atoms with van der Waals surface area (Å²) in [6.45, 7) is 3.15. The lowest BCUT2D eigenvalue weighted by molar-refractivity contribution is 0.249. The number of aliphatic hydroxyl groups excluding tert-OH is 1. The van der Waals surface area contributed by atoms with Crippen LogP contribution in [0.2, 0.25) is 0 Å². The lowest BCUT2D eigenvalue weighted by atomic mass is 10.2. The first-order valence-corrected chi connectivity index (χ1v) is 8.45. The molecule has 21 heavy (non-hydrogen) atoms. The van der Waals surface area contributed by atoms with E-state index in [0.29, 0.717) is 5.69 Å². The van der Waals surface area contributed by atoms with Crippen molar-refractivity contribution in [3.63, 3.8) is 0 Å². The number of hydrogen-bond donors (Lipinski definition) is 1. The largest absolute Gasteiger partial charge is 0.396 e. The Balaban J connectivity index is 2.21. The predicted molar refractivity (Wildman–Crippen MR) is 79.8 cm³/mol. The van der Waals surface area contributed by atoms with Gasteiger partial charge >= 0.3 is 0 Å². The van der Waals surface area contributed by atoms with Crippen LogP contribution in [0, 0.1) is 5.92 Å². The monoisotopic (exact) mass is 309 g/mol. The Labute approximate surface area is 124 Å². The third-order valence-electron chi connectivity index (χ3n) is 3.32. The van der Waals surface area contributed by atoms with Gasteiger partial charge in [-0.15, -0.1) is 5.10 Å². The van der Waals surface area contributed by atoms with Gasteiger partial charge in [-0.3, -0.25) is 0 Å². The molecule has 6 nitrogen and oxygen atoms in total. The van der Waals surface area contributed by atoms with Crippen LogP contribution in [0.1, 0.15) is 24.8 Å². The Morgan fingerprint density at radius 2 is 1.90 bits per heavy atom. The van der Waals surface area contributed by atoms with Crippen molar-refractivity contribution >= 4 is 9.84 Å². The van der Waals surface area contributed by atoms with E-state index in [2.05, 4.69) is 10.3 Å². The Morgan fingerprint density at radius 3 is 2.52 bits per heavy atom. The maximum atomic E-state index is 12.3. The van der Waals surface area contributed by atoms with Crippen molar-refractivity contribution in [3.05, 3.63) is 42.2 Å². The van der Waals surface area contributed by atoms with Gasteiger partial charge in [0, 0.05) is 6.61 Å². The third-order valence-corrected chi connectivity index (χ3v) is 5.67. The van der Waals surface area contributed by atoms with Crippen molar-refractivity contribution in [1.29, 1.82) is 0 Å². The Bertz CT molecular complexity index is 682. The molecule has 0 bridgehead atoms. The van der Waals surface area contributed by atoms with Crippen LogP contribution in [0.5, 0.6) is 0 Å². The lowest BCUT2D eigenvalue weighted by Gasteiger charge is -2.13. The number of aliphatic hydroxyl groups is 1. The molecule has 1 aromatic carbocycles. The molecule has 0 spiro atoms. The summed E-state index contributed by atoms with van der Waals surface area (Å²) in [5.41, 5.74) is 1.23. The van der Waals surface area contributed by atoms with Gasteiger partial charge in [-0.25, -0.2) is 13.1 Å². The molecule has 0 aliphatic rings. The molecule has 0 saturated carbocycles. The van der Waals surface area contributed by atoms with Gasteiger partial charge in [0.1, 0.15) is 10.9 Å². The van der Waals surface area contributed by atoms with E-state index in [0.717, 1.165) is 5.69 Å². The van der Waals surface area contributed by atoms with Gasteiger partial charge in [0.2, 0.25) is 0 Å². The number of sulfone groups is 1. The molecule has 0 saturated heterocycles. The fourth-order valence-electron chi connectivity index (χ4n) is 1.95. The van der Waals surface area contributed by atoms with Gasteiger partial charge in [-0.1, -0.05) is 30.3 Å². The van der Waals surface area contributed by atoms with Crippen molar-refractivity contribution in [2.24, 2.45) is 5.92 Å². The van der Waals surface area contributed by atoms with E-state index in [4.69, 9.17) is 5.11 Å². The highest BCUT2D eigenvalue weighted by Crippen LogP contribution is 2.22. The van der Waals surface area contributed by atoms with Crippen LogP contribution in [0.3, 0.4) is 0 Å². The quantitative estimate of drug-likeness (QED) is 0.871. The Hall–Kier alpha value is -1.73. The smallest absolute Gasteiger partial charge is 0.159 e. The standard InChI is InChI=1S/C14H19N3O3S/c1-11(9-18)10-21(19,20)12(2)14-8-17(16-15-14)13-6-4-3-5-7-13/h3-8,11-12,18H,9-10H2,1-2H3. The van der Waals surface area contributed by atoms with Gasteiger partial charge in [0.15, 0.2) is 9.84 Å². The first kappa shape index (κ1) is 15.7. The molecule has 2 atom stereocenters. The second-order valence-corrected chi connectivity index (χ2v) is 7.55. The van der Waals surface area contributed by atoms with E-state index in [1.54, 1.807) is 24.7 Å². The zero-order valence-electron chi connectivity index (χ0n) is 12.0. The molecular formula is C14H19N3O3S. The lowest BCUT2D eigenvalue weighted by Crippen LogP contribution is -2.21. The van der Waals surface area contributed by atoms with Crippen molar-refractivity contribution in [2.45, 2.75) is 19.1 Å². The highest BCUT2D eigenvalue weighted by atomic mass is 32.2. The van der Waals surface area contributed by atoms with Crippen LogP contribution < -0.4 is 0 Å². The Kier molecular flexibility index (Phi) is 4.74. The van der Waals surface area contributed by atoms with Crippen LogP contribution >= 0.6 is 0 Å². The summed E-state index contributed by atoms with van der Waals surface area (Å²) in [5.74, 6) is -0.357. The molecule has 1 N–H and O–H groups in total. The number of nitrogens with zero attached hydrogens (tertiary/aromatic N) is 3. The maximum Gasteiger partial charge on any atom is 0.159 e. The molecule has 0 fully saturated rings. The Morgan fingerprint density at radius 1 is 1.24 bits per heavy atom. The van der Waals surface area contributed by atoms with E-state index in [9.17, 15) is 8.42 Å². The average Bonchev–Trinajstić information content (AvgIpc) is 2.96. The van der Waals surface area contributed by atoms with E-state index in [-0.39, 0.29) is 18.3 Å². The van der Waals surface area contributed by atoms with E-state index in [1.807, 2.05) is 30.3 Å². The molecule has 7 heteroatoms. The maximum absolute atomic E-state index is 12.3. The fraction of sp³-hybridized carbons (Fsp3) is 0.429. The molecule has 0 amide bonds. The number of benzene rings is 1. The minimum absolute atomic E-state index is 0.0666. The normalized spacial score (nSPS) is 14.8. The number of rotatable bonds is 6. The van der Waals surface area contributed by atoms with Crippen LogP contribution in [-0.4, -0.2) is 40.9 Å². The van der Waals surface area contributed by atoms with Gasteiger partial charge in [-0.05, 0) is 25.0 Å².